The van der Waals surface area contributed by atoms with Crippen LogP contribution in [0.5, 0.6) is 0 Å². The van der Waals surface area contributed by atoms with Crippen molar-refractivity contribution in [3.8, 4) is 11.1 Å². The van der Waals surface area contributed by atoms with E-state index in [0.29, 0.717) is 0 Å². The first-order valence-corrected chi connectivity index (χ1v) is 9.82. The summed E-state index contributed by atoms with van der Waals surface area (Å²) in [4.78, 5) is 21.4. The Morgan fingerprint density at radius 2 is 1.75 bits per heavy atom. The highest BCUT2D eigenvalue weighted by Crippen LogP contribution is 2.37. The van der Waals surface area contributed by atoms with E-state index in [-0.39, 0.29) is 11.9 Å². The van der Waals surface area contributed by atoms with Crippen LogP contribution in [0.4, 0.5) is 0 Å². The van der Waals surface area contributed by atoms with Crippen molar-refractivity contribution in [3.05, 3.63) is 83.9 Å². The molecular weight excluding hydrogens is 346 g/mol. The van der Waals surface area contributed by atoms with Crippen LogP contribution in [0, 0.1) is 0 Å². The summed E-state index contributed by atoms with van der Waals surface area (Å²) in [6.07, 6.45) is 8.11. The molecule has 1 aromatic heterocycles. The Labute approximate surface area is 166 Å². The third-order valence-corrected chi connectivity index (χ3v) is 5.89. The first-order chi connectivity index (χ1) is 13.6. The molecule has 28 heavy (non-hydrogen) atoms. The largest absolute Gasteiger partial charge is 0.349 e. The van der Waals surface area contributed by atoms with E-state index < -0.39 is 5.41 Å². The molecular formula is C24H25N3O. The number of amides is 1. The summed E-state index contributed by atoms with van der Waals surface area (Å²) in [6, 6.07) is 16.5. The monoisotopic (exact) mass is 371 g/mol. The van der Waals surface area contributed by atoms with E-state index in [4.69, 9.17) is 0 Å². The Balaban J connectivity index is 1.51. The molecule has 2 atom stereocenters. The zero-order valence-electron chi connectivity index (χ0n) is 16.4. The first kappa shape index (κ1) is 18.4. The van der Waals surface area contributed by atoms with Crippen LogP contribution in [0.15, 0.2) is 67.3 Å². The summed E-state index contributed by atoms with van der Waals surface area (Å²) in [5.41, 5.74) is 5.14. The summed E-state index contributed by atoms with van der Waals surface area (Å²) in [5, 5.41) is 3.24. The van der Waals surface area contributed by atoms with Crippen LogP contribution in [0.2, 0.25) is 0 Å². The minimum Gasteiger partial charge on any atom is -0.349 e. The SMILES string of the molecule is CC(NC(=O)C1(C)CCCc2ccccc21)c1ccc(-c2cncnc2)cc1. The molecule has 3 aromatic rings. The lowest BCUT2D eigenvalue weighted by molar-refractivity contribution is -0.127. The van der Waals surface area contributed by atoms with Gasteiger partial charge in [0, 0.05) is 18.0 Å². The Bertz CT molecular complexity index is 969. The number of hydrogen-bond donors (Lipinski definition) is 1. The minimum absolute atomic E-state index is 0.0560. The van der Waals surface area contributed by atoms with Gasteiger partial charge in [-0.25, -0.2) is 9.97 Å². The lowest BCUT2D eigenvalue weighted by atomic mass is 9.70. The summed E-state index contributed by atoms with van der Waals surface area (Å²) in [5.74, 6) is 0.104. The molecule has 4 nitrogen and oxygen atoms in total. The predicted molar refractivity (Wildman–Crippen MR) is 111 cm³/mol. The van der Waals surface area contributed by atoms with E-state index in [9.17, 15) is 4.79 Å². The van der Waals surface area contributed by atoms with Crippen molar-refractivity contribution in [2.75, 3.05) is 0 Å². The van der Waals surface area contributed by atoms with Crippen LogP contribution in [0.1, 0.15) is 49.4 Å². The first-order valence-electron chi connectivity index (χ1n) is 9.82. The van der Waals surface area contributed by atoms with Crippen molar-refractivity contribution in [1.82, 2.24) is 15.3 Å². The molecule has 1 amide bonds. The number of carbonyl (C=O) groups is 1. The van der Waals surface area contributed by atoms with Crippen molar-refractivity contribution in [2.45, 2.75) is 44.6 Å². The highest BCUT2D eigenvalue weighted by Gasteiger charge is 2.39. The minimum atomic E-state index is -0.468. The number of nitrogens with zero attached hydrogens (tertiary/aromatic N) is 2. The molecule has 1 aliphatic carbocycles. The van der Waals surface area contributed by atoms with Gasteiger partial charge in [-0.1, -0.05) is 48.5 Å². The molecule has 0 saturated heterocycles. The molecule has 2 unspecified atom stereocenters. The maximum atomic E-state index is 13.2. The molecule has 1 heterocycles. The number of carbonyl (C=O) groups excluding carboxylic acids is 1. The van der Waals surface area contributed by atoms with Gasteiger partial charge in [0.25, 0.3) is 0 Å². The van der Waals surface area contributed by atoms with E-state index in [1.54, 1.807) is 12.4 Å². The number of fused-ring (bicyclic) bond motifs is 1. The zero-order valence-corrected chi connectivity index (χ0v) is 16.4. The average molecular weight is 371 g/mol. The Morgan fingerprint density at radius 3 is 2.50 bits per heavy atom. The lowest BCUT2D eigenvalue weighted by Gasteiger charge is -2.35. The predicted octanol–water partition coefficient (Wildman–Crippen LogP) is 4.62. The maximum absolute atomic E-state index is 13.2. The molecule has 0 saturated carbocycles. The molecule has 0 radical (unpaired) electrons. The molecule has 4 heteroatoms. The molecule has 1 N–H and O–H groups in total. The molecule has 0 bridgehead atoms. The molecule has 142 valence electrons. The third kappa shape index (κ3) is 3.42. The quantitative estimate of drug-likeness (QED) is 0.728. The number of aryl methyl sites for hydroxylation is 1. The van der Waals surface area contributed by atoms with Crippen molar-refractivity contribution >= 4 is 5.91 Å². The third-order valence-electron chi connectivity index (χ3n) is 5.89. The fourth-order valence-electron chi connectivity index (χ4n) is 4.13. The van der Waals surface area contributed by atoms with Crippen molar-refractivity contribution in [1.29, 1.82) is 0 Å². The van der Waals surface area contributed by atoms with Crippen LogP contribution in [0.3, 0.4) is 0 Å². The molecule has 4 rings (SSSR count). The Kier molecular flexibility index (Phi) is 4.95. The van der Waals surface area contributed by atoms with Gasteiger partial charge in [-0.15, -0.1) is 0 Å². The topological polar surface area (TPSA) is 54.9 Å². The highest BCUT2D eigenvalue weighted by molar-refractivity contribution is 5.88. The van der Waals surface area contributed by atoms with Gasteiger partial charge < -0.3 is 5.32 Å². The standard InChI is InChI=1S/C24H25N3O/c1-17(18-9-11-19(12-10-18)21-14-25-16-26-15-21)27-23(28)24(2)13-5-7-20-6-3-4-8-22(20)24/h3-4,6,8-12,14-17H,5,7,13H2,1-2H3,(H,27,28). The molecule has 0 fully saturated rings. The average Bonchev–Trinajstić information content (AvgIpc) is 2.75. The van der Waals surface area contributed by atoms with E-state index in [0.717, 1.165) is 36.0 Å². The van der Waals surface area contributed by atoms with E-state index in [1.165, 1.54) is 17.5 Å². The van der Waals surface area contributed by atoms with Gasteiger partial charge in [0.05, 0.1) is 11.5 Å². The number of benzene rings is 2. The van der Waals surface area contributed by atoms with Gasteiger partial charge in [-0.2, -0.15) is 0 Å². The van der Waals surface area contributed by atoms with Crippen LogP contribution in [0.25, 0.3) is 11.1 Å². The fourth-order valence-corrected chi connectivity index (χ4v) is 4.13. The normalized spacial score (nSPS) is 19.5. The van der Waals surface area contributed by atoms with Crippen LogP contribution in [-0.4, -0.2) is 15.9 Å². The second-order valence-electron chi connectivity index (χ2n) is 7.79. The van der Waals surface area contributed by atoms with Crippen molar-refractivity contribution in [3.63, 3.8) is 0 Å². The van der Waals surface area contributed by atoms with Gasteiger partial charge >= 0.3 is 0 Å². The zero-order chi connectivity index (χ0) is 19.6. The molecule has 1 aliphatic rings. The van der Waals surface area contributed by atoms with Gasteiger partial charge in [-0.3, -0.25) is 4.79 Å². The Morgan fingerprint density at radius 1 is 1.04 bits per heavy atom. The summed E-state index contributed by atoms with van der Waals surface area (Å²) in [7, 11) is 0. The van der Waals surface area contributed by atoms with E-state index >= 15 is 0 Å². The molecule has 2 aromatic carbocycles. The summed E-state index contributed by atoms with van der Waals surface area (Å²) < 4.78 is 0. The number of rotatable bonds is 4. The van der Waals surface area contributed by atoms with Gasteiger partial charge in [0.2, 0.25) is 5.91 Å². The van der Waals surface area contributed by atoms with E-state index in [2.05, 4.69) is 52.5 Å². The van der Waals surface area contributed by atoms with Crippen LogP contribution < -0.4 is 5.32 Å². The maximum Gasteiger partial charge on any atom is 0.230 e. The van der Waals surface area contributed by atoms with Crippen molar-refractivity contribution < 1.29 is 4.79 Å². The second-order valence-corrected chi connectivity index (χ2v) is 7.79. The van der Waals surface area contributed by atoms with Gasteiger partial charge in [-0.05, 0) is 55.4 Å². The van der Waals surface area contributed by atoms with Crippen LogP contribution in [-0.2, 0) is 16.6 Å². The van der Waals surface area contributed by atoms with Gasteiger partial charge in [0.1, 0.15) is 6.33 Å². The number of hydrogen-bond acceptors (Lipinski definition) is 3. The highest BCUT2D eigenvalue weighted by atomic mass is 16.2. The smallest absolute Gasteiger partial charge is 0.230 e. The number of nitrogens with one attached hydrogen (secondary N) is 1. The lowest BCUT2D eigenvalue weighted by Crippen LogP contribution is -2.45. The summed E-state index contributed by atoms with van der Waals surface area (Å²) in [6.45, 7) is 4.11. The van der Waals surface area contributed by atoms with Gasteiger partial charge in [0.15, 0.2) is 0 Å². The fraction of sp³-hybridized carbons (Fsp3) is 0.292. The molecule has 0 aliphatic heterocycles. The van der Waals surface area contributed by atoms with Crippen LogP contribution >= 0.6 is 0 Å². The second kappa shape index (κ2) is 7.55. The number of aromatic nitrogens is 2. The van der Waals surface area contributed by atoms with Crippen molar-refractivity contribution in [2.24, 2.45) is 0 Å². The Hall–Kier alpha value is -3.01. The van der Waals surface area contributed by atoms with E-state index in [1.807, 2.05) is 25.1 Å². The molecule has 0 spiro atoms. The summed E-state index contributed by atoms with van der Waals surface area (Å²) >= 11 is 0.